The van der Waals surface area contributed by atoms with E-state index in [4.69, 9.17) is 21.4 Å². The third-order valence-electron chi connectivity index (χ3n) is 7.15. The molecule has 2 aromatic carbocycles. The largest absolute Gasteiger partial charge is 0.494 e. The normalized spacial score (nSPS) is 16.7. The number of aromatic carboxylic acids is 1. The lowest BCUT2D eigenvalue weighted by Gasteiger charge is -2.27. The maximum absolute atomic E-state index is 12.7. The first-order valence-electron chi connectivity index (χ1n) is 13.4. The molecule has 0 bridgehead atoms. The van der Waals surface area contributed by atoms with Crippen LogP contribution in [0, 0.1) is 12.3 Å². The number of aromatic nitrogens is 1. The molecule has 10 heteroatoms. The van der Waals surface area contributed by atoms with Crippen LogP contribution in [0.2, 0.25) is 0 Å². The molecule has 3 heterocycles. The molecule has 2 unspecified atom stereocenters. The van der Waals surface area contributed by atoms with Gasteiger partial charge in [0.1, 0.15) is 23.3 Å². The van der Waals surface area contributed by atoms with Crippen molar-refractivity contribution in [1.82, 2.24) is 10.3 Å². The van der Waals surface area contributed by atoms with Crippen LogP contribution in [0.3, 0.4) is 0 Å². The highest BCUT2D eigenvalue weighted by Gasteiger charge is 2.43. The van der Waals surface area contributed by atoms with Crippen LogP contribution in [0.5, 0.6) is 5.75 Å². The molecule has 1 saturated heterocycles. The predicted molar refractivity (Wildman–Crippen MR) is 165 cm³/mol. The van der Waals surface area contributed by atoms with Crippen LogP contribution in [0.1, 0.15) is 60.2 Å². The van der Waals surface area contributed by atoms with Crippen LogP contribution in [0.25, 0.3) is 11.3 Å². The number of carbonyl (C=O) groups is 2. The molecule has 0 aliphatic carbocycles. The summed E-state index contributed by atoms with van der Waals surface area (Å²) in [6, 6.07) is 19.2. The number of nitrogens with zero attached hydrogens (tertiary/aromatic N) is 2. The zero-order valence-electron chi connectivity index (χ0n) is 24.0. The van der Waals surface area contributed by atoms with E-state index >= 15 is 0 Å². The van der Waals surface area contributed by atoms with Gasteiger partial charge in [-0.15, -0.1) is 0 Å². The summed E-state index contributed by atoms with van der Waals surface area (Å²) in [7, 11) is 1.55. The minimum atomic E-state index is -0.983. The van der Waals surface area contributed by atoms with Gasteiger partial charge >= 0.3 is 5.97 Å². The van der Waals surface area contributed by atoms with E-state index in [1.807, 2.05) is 75.1 Å². The van der Waals surface area contributed by atoms with Gasteiger partial charge < -0.3 is 29.8 Å². The first kappa shape index (κ1) is 28.8. The van der Waals surface area contributed by atoms with Gasteiger partial charge in [0, 0.05) is 28.9 Å². The number of ether oxygens (including phenoxy) is 1. The zero-order valence-corrected chi connectivity index (χ0v) is 24.8. The van der Waals surface area contributed by atoms with Crippen molar-refractivity contribution in [3.05, 3.63) is 95.5 Å². The minimum absolute atomic E-state index is 0.130. The lowest BCUT2D eigenvalue weighted by Crippen LogP contribution is -2.30. The van der Waals surface area contributed by atoms with Gasteiger partial charge in [0.05, 0.1) is 30.1 Å². The molecule has 1 aliphatic rings. The van der Waals surface area contributed by atoms with E-state index in [1.54, 1.807) is 37.6 Å². The number of aryl methyl sites for hydroxylation is 1. The van der Waals surface area contributed by atoms with E-state index < -0.39 is 17.4 Å². The molecule has 9 nitrogen and oxygen atoms in total. The third kappa shape index (κ3) is 5.58. The number of carboxylic acid groups (broad SMARTS) is 1. The zero-order chi connectivity index (χ0) is 30.2. The van der Waals surface area contributed by atoms with Gasteiger partial charge in [-0.3, -0.25) is 9.78 Å². The molecular formula is C32H32N4O5S. The minimum Gasteiger partial charge on any atom is -0.494 e. The number of pyridine rings is 1. The smallest absolute Gasteiger partial charge is 0.335 e. The average molecular weight is 585 g/mol. The molecule has 2 atom stereocenters. The number of amides is 1. The maximum atomic E-state index is 12.7. The molecule has 2 aromatic heterocycles. The molecule has 5 rings (SSSR count). The Labute approximate surface area is 249 Å². The third-order valence-corrected chi connectivity index (χ3v) is 7.46. The second kappa shape index (κ2) is 11.3. The Kier molecular flexibility index (Phi) is 7.74. The van der Waals surface area contributed by atoms with Crippen LogP contribution in [-0.4, -0.2) is 34.2 Å². The SMILES string of the molecule is COc1cc(N2C(=S)NC(c3ccccn3)C2c2ccc(-c3ccc(C(=O)O)cc3C)o2)ccc1NC(=O)C(C)(C)C. The number of benzene rings is 2. The van der Waals surface area contributed by atoms with Crippen molar-refractivity contribution in [2.24, 2.45) is 5.41 Å². The number of carbonyl (C=O) groups excluding carboxylic acids is 1. The van der Waals surface area contributed by atoms with E-state index in [0.717, 1.165) is 22.5 Å². The molecule has 4 aromatic rings. The Morgan fingerprint density at radius 1 is 1.10 bits per heavy atom. The van der Waals surface area contributed by atoms with E-state index in [2.05, 4.69) is 15.6 Å². The number of rotatable bonds is 7. The van der Waals surface area contributed by atoms with Gasteiger partial charge in [0.15, 0.2) is 5.11 Å². The Balaban J connectivity index is 1.56. The van der Waals surface area contributed by atoms with Gasteiger partial charge in [-0.05, 0) is 73.2 Å². The highest BCUT2D eigenvalue weighted by Crippen LogP contribution is 2.44. The van der Waals surface area contributed by atoms with Crippen molar-refractivity contribution in [2.45, 2.75) is 39.8 Å². The van der Waals surface area contributed by atoms with Crippen molar-refractivity contribution < 1.29 is 23.8 Å². The van der Waals surface area contributed by atoms with E-state index in [-0.39, 0.29) is 17.5 Å². The summed E-state index contributed by atoms with van der Waals surface area (Å²) in [5.41, 5.74) is 3.29. The lowest BCUT2D eigenvalue weighted by atomic mass is 9.95. The van der Waals surface area contributed by atoms with Crippen LogP contribution in [-0.2, 0) is 4.79 Å². The number of carboxylic acids is 1. The number of thiocarbonyl (C=S) groups is 1. The Morgan fingerprint density at radius 2 is 1.88 bits per heavy atom. The fraction of sp³-hybridized carbons (Fsp3) is 0.250. The summed E-state index contributed by atoms with van der Waals surface area (Å²) in [5, 5.41) is 16.2. The molecule has 1 aliphatic heterocycles. The van der Waals surface area contributed by atoms with E-state index in [9.17, 15) is 14.7 Å². The van der Waals surface area contributed by atoms with Gasteiger partial charge in [-0.25, -0.2) is 4.79 Å². The molecule has 0 spiro atoms. The second-order valence-corrected chi connectivity index (χ2v) is 11.5. The van der Waals surface area contributed by atoms with Crippen molar-refractivity contribution in [2.75, 3.05) is 17.3 Å². The van der Waals surface area contributed by atoms with Gasteiger partial charge in [-0.1, -0.05) is 32.9 Å². The Hall–Kier alpha value is -4.70. The van der Waals surface area contributed by atoms with Crippen LogP contribution in [0.15, 0.2) is 77.3 Å². The molecule has 1 amide bonds. The van der Waals surface area contributed by atoms with E-state index in [1.165, 1.54) is 0 Å². The standard InChI is InChI=1S/C32H32N4O5S/c1-18-16-19(29(37)38)9-11-21(18)24-13-14-25(41-24)28-27(23-8-6-7-15-33-23)35-31(42)36(28)20-10-12-22(26(17-20)40-5)34-30(39)32(2,3)4/h6-17,27-28H,1-5H3,(H,34,39)(H,35,42)(H,37,38). The fourth-order valence-electron chi connectivity index (χ4n) is 4.89. The second-order valence-electron chi connectivity index (χ2n) is 11.1. The highest BCUT2D eigenvalue weighted by molar-refractivity contribution is 7.80. The van der Waals surface area contributed by atoms with Crippen LogP contribution in [0.4, 0.5) is 11.4 Å². The molecule has 42 heavy (non-hydrogen) atoms. The Morgan fingerprint density at radius 3 is 2.52 bits per heavy atom. The highest BCUT2D eigenvalue weighted by atomic mass is 32.1. The van der Waals surface area contributed by atoms with Gasteiger partial charge in [-0.2, -0.15) is 0 Å². The summed E-state index contributed by atoms with van der Waals surface area (Å²) >= 11 is 5.85. The number of hydrogen-bond acceptors (Lipinski definition) is 6. The number of nitrogens with one attached hydrogen (secondary N) is 2. The van der Waals surface area contributed by atoms with Crippen LogP contribution >= 0.6 is 12.2 Å². The molecule has 3 N–H and O–H groups in total. The number of anilines is 2. The van der Waals surface area contributed by atoms with Crippen LogP contribution < -0.4 is 20.3 Å². The predicted octanol–water partition coefficient (Wildman–Crippen LogP) is 6.52. The van der Waals surface area contributed by atoms with Gasteiger partial charge in [0.25, 0.3) is 0 Å². The topological polar surface area (TPSA) is 117 Å². The quantitative estimate of drug-likeness (QED) is 0.209. The Bertz CT molecular complexity index is 1660. The van der Waals surface area contributed by atoms with E-state index in [0.29, 0.717) is 28.1 Å². The molecular weight excluding hydrogens is 552 g/mol. The van der Waals surface area contributed by atoms with Gasteiger partial charge in [0.2, 0.25) is 5.91 Å². The summed E-state index contributed by atoms with van der Waals surface area (Å²) in [5.74, 6) is 0.620. The fourth-order valence-corrected chi connectivity index (χ4v) is 5.24. The first-order chi connectivity index (χ1) is 20.0. The molecule has 0 saturated carbocycles. The molecule has 1 fully saturated rings. The number of furan rings is 1. The van der Waals surface area contributed by atoms with Crippen molar-refractivity contribution in [3.8, 4) is 17.1 Å². The van der Waals surface area contributed by atoms with Crippen molar-refractivity contribution in [3.63, 3.8) is 0 Å². The summed E-state index contributed by atoms with van der Waals surface area (Å²) < 4.78 is 12.1. The lowest BCUT2D eigenvalue weighted by molar-refractivity contribution is -0.123. The van der Waals surface area contributed by atoms with Crippen molar-refractivity contribution >= 4 is 40.6 Å². The van der Waals surface area contributed by atoms with Crippen molar-refractivity contribution in [1.29, 1.82) is 0 Å². The monoisotopic (exact) mass is 584 g/mol. The maximum Gasteiger partial charge on any atom is 0.335 e. The summed E-state index contributed by atoms with van der Waals surface area (Å²) in [6.45, 7) is 7.39. The first-order valence-corrected chi connectivity index (χ1v) is 13.8. The summed E-state index contributed by atoms with van der Waals surface area (Å²) in [6.07, 6.45) is 1.73. The number of hydrogen-bond donors (Lipinski definition) is 3. The average Bonchev–Trinajstić information content (AvgIpc) is 3.57. The molecule has 0 radical (unpaired) electrons. The molecule has 216 valence electrons. The number of methoxy groups -OCH3 is 1. The summed E-state index contributed by atoms with van der Waals surface area (Å²) in [4.78, 5) is 30.6.